The summed E-state index contributed by atoms with van der Waals surface area (Å²) in [6.45, 7) is 10.4. The number of amides is 2. The van der Waals surface area contributed by atoms with Gasteiger partial charge in [-0.05, 0) is 67.5 Å². The van der Waals surface area contributed by atoms with Gasteiger partial charge in [0.1, 0.15) is 11.9 Å². The number of halogens is 1. The van der Waals surface area contributed by atoms with Gasteiger partial charge in [0.05, 0.1) is 11.9 Å². The van der Waals surface area contributed by atoms with Gasteiger partial charge in [-0.15, -0.1) is 0 Å². The molecule has 2 aromatic rings. The molecule has 37 heavy (non-hydrogen) atoms. The second-order valence-electron chi connectivity index (χ2n) is 9.87. The Morgan fingerprint density at radius 2 is 1.70 bits per heavy atom. The van der Waals surface area contributed by atoms with Crippen molar-refractivity contribution >= 4 is 27.5 Å². The average Bonchev–Trinajstić information content (AvgIpc) is 2.82. The minimum atomic E-state index is -3.57. The molecule has 2 aromatic carbocycles. The summed E-state index contributed by atoms with van der Waals surface area (Å²) < 4.78 is 40.0. The van der Waals surface area contributed by atoms with Crippen LogP contribution in [-0.4, -0.2) is 50.5 Å². The smallest absolute Gasteiger partial charge is 0.242 e. The van der Waals surface area contributed by atoms with Gasteiger partial charge in [-0.3, -0.25) is 13.9 Å². The Labute approximate surface area is 221 Å². The number of anilines is 1. The Kier molecular flexibility index (Phi) is 11.1. The maximum Gasteiger partial charge on any atom is 0.242 e. The maximum atomic E-state index is 13.5. The van der Waals surface area contributed by atoms with Crippen LogP contribution in [0.2, 0.25) is 0 Å². The van der Waals surface area contributed by atoms with Crippen molar-refractivity contribution in [2.45, 2.75) is 66.5 Å². The van der Waals surface area contributed by atoms with Gasteiger partial charge in [-0.2, -0.15) is 0 Å². The molecule has 0 unspecified atom stereocenters. The Morgan fingerprint density at radius 3 is 2.27 bits per heavy atom. The molecule has 0 aromatic heterocycles. The summed E-state index contributed by atoms with van der Waals surface area (Å²) >= 11 is 0. The Balaban J connectivity index is 2.24. The fourth-order valence-electron chi connectivity index (χ4n) is 4.12. The number of carbonyl (C=O) groups excluding carboxylic acids is 2. The monoisotopic (exact) mass is 533 g/mol. The minimum Gasteiger partial charge on any atom is -0.354 e. The summed E-state index contributed by atoms with van der Waals surface area (Å²) in [6.07, 6.45) is 1.91. The first-order valence-corrected chi connectivity index (χ1v) is 14.6. The highest BCUT2D eigenvalue weighted by Gasteiger charge is 2.29. The fraction of sp³-hybridized carbons (Fsp3) is 0.500. The molecule has 1 N–H and O–H groups in total. The normalized spacial score (nSPS) is 12.3. The van der Waals surface area contributed by atoms with E-state index in [0.29, 0.717) is 24.2 Å². The van der Waals surface area contributed by atoms with Crippen LogP contribution in [-0.2, 0) is 26.2 Å². The summed E-state index contributed by atoms with van der Waals surface area (Å²) in [5, 5.41) is 2.91. The molecule has 0 aliphatic carbocycles. The van der Waals surface area contributed by atoms with E-state index in [4.69, 9.17) is 0 Å². The summed E-state index contributed by atoms with van der Waals surface area (Å²) in [5.41, 5.74) is 3.14. The van der Waals surface area contributed by atoms with Gasteiger partial charge in [0.2, 0.25) is 21.8 Å². The van der Waals surface area contributed by atoms with E-state index in [1.165, 1.54) is 21.3 Å². The SMILES string of the molecule is CC[C@H](C(=O)NCC(C)C)N(Cc1ccc(F)cc1)C(=O)CCCN(c1cccc(C)c1C)S(C)(=O)=O. The summed E-state index contributed by atoms with van der Waals surface area (Å²) in [6, 6.07) is 10.6. The molecule has 0 radical (unpaired) electrons. The number of benzene rings is 2. The van der Waals surface area contributed by atoms with Crippen molar-refractivity contribution < 1.29 is 22.4 Å². The van der Waals surface area contributed by atoms with Gasteiger partial charge < -0.3 is 10.2 Å². The molecule has 204 valence electrons. The highest BCUT2D eigenvalue weighted by Crippen LogP contribution is 2.25. The van der Waals surface area contributed by atoms with Crippen LogP contribution >= 0.6 is 0 Å². The topological polar surface area (TPSA) is 86.8 Å². The van der Waals surface area contributed by atoms with E-state index in [9.17, 15) is 22.4 Å². The van der Waals surface area contributed by atoms with E-state index in [1.54, 1.807) is 18.2 Å². The van der Waals surface area contributed by atoms with Crippen LogP contribution in [0.3, 0.4) is 0 Å². The number of nitrogens with one attached hydrogen (secondary N) is 1. The van der Waals surface area contributed by atoms with Crippen molar-refractivity contribution in [3.05, 3.63) is 65.0 Å². The van der Waals surface area contributed by atoms with Crippen LogP contribution in [0.4, 0.5) is 10.1 Å². The summed E-state index contributed by atoms with van der Waals surface area (Å²) in [7, 11) is -3.57. The lowest BCUT2D eigenvalue weighted by Crippen LogP contribution is -2.49. The van der Waals surface area contributed by atoms with Crippen LogP contribution in [0, 0.1) is 25.6 Å². The molecule has 0 saturated heterocycles. The van der Waals surface area contributed by atoms with E-state index in [2.05, 4.69) is 5.32 Å². The number of aryl methyl sites for hydroxylation is 1. The molecule has 2 rings (SSSR count). The van der Waals surface area contributed by atoms with Crippen LogP contribution in [0.1, 0.15) is 56.7 Å². The molecule has 1 atom stereocenters. The van der Waals surface area contributed by atoms with Crippen LogP contribution in [0.25, 0.3) is 0 Å². The Morgan fingerprint density at radius 1 is 1.05 bits per heavy atom. The highest BCUT2D eigenvalue weighted by molar-refractivity contribution is 7.92. The van der Waals surface area contributed by atoms with Crippen molar-refractivity contribution in [2.75, 3.05) is 23.7 Å². The lowest BCUT2D eigenvalue weighted by Gasteiger charge is -2.31. The molecule has 0 heterocycles. The van der Waals surface area contributed by atoms with E-state index in [-0.39, 0.29) is 49.5 Å². The molecule has 0 aliphatic rings. The number of sulfonamides is 1. The molecule has 0 saturated carbocycles. The summed E-state index contributed by atoms with van der Waals surface area (Å²) in [5.74, 6) is -0.615. The number of hydrogen-bond donors (Lipinski definition) is 1. The van der Waals surface area contributed by atoms with Gasteiger partial charge in [0.25, 0.3) is 0 Å². The highest BCUT2D eigenvalue weighted by atomic mass is 32.2. The van der Waals surface area contributed by atoms with Crippen LogP contribution in [0.15, 0.2) is 42.5 Å². The van der Waals surface area contributed by atoms with Gasteiger partial charge in [-0.25, -0.2) is 12.8 Å². The van der Waals surface area contributed by atoms with Gasteiger partial charge in [0.15, 0.2) is 0 Å². The van der Waals surface area contributed by atoms with Crippen LogP contribution in [0.5, 0.6) is 0 Å². The second kappa shape index (κ2) is 13.6. The van der Waals surface area contributed by atoms with Crippen molar-refractivity contribution in [2.24, 2.45) is 5.92 Å². The average molecular weight is 534 g/mol. The van der Waals surface area contributed by atoms with E-state index in [1.807, 2.05) is 46.8 Å². The first-order chi connectivity index (χ1) is 17.3. The van der Waals surface area contributed by atoms with Crippen LogP contribution < -0.4 is 9.62 Å². The zero-order valence-corrected chi connectivity index (χ0v) is 23.6. The maximum absolute atomic E-state index is 13.5. The number of nitrogens with zero attached hydrogens (tertiary/aromatic N) is 2. The van der Waals surface area contributed by atoms with Gasteiger partial charge >= 0.3 is 0 Å². The molecular weight excluding hydrogens is 493 g/mol. The van der Waals surface area contributed by atoms with E-state index < -0.39 is 16.1 Å². The second-order valence-corrected chi connectivity index (χ2v) is 11.8. The standard InChI is InChI=1S/C28H40FN3O4S/c1-7-25(28(34)30-18-20(2)3)31(19-23-13-15-24(29)16-14-23)27(33)12-9-17-32(37(6,35)36)26-11-8-10-21(4)22(26)5/h8,10-11,13-16,20,25H,7,9,12,17-19H2,1-6H3,(H,30,34)/t25-/m1/s1. The first-order valence-electron chi connectivity index (χ1n) is 12.7. The molecule has 0 spiro atoms. The number of carbonyl (C=O) groups is 2. The Bertz CT molecular complexity index is 1170. The zero-order chi connectivity index (χ0) is 27.8. The van der Waals surface area contributed by atoms with E-state index >= 15 is 0 Å². The molecule has 9 heteroatoms. The lowest BCUT2D eigenvalue weighted by atomic mass is 10.1. The minimum absolute atomic E-state index is 0.0615. The van der Waals surface area contributed by atoms with Crippen molar-refractivity contribution in [3.8, 4) is 0 Å². The largest absolute Gasteiger partial charge is 0.354 e. The van der Waals surface area contributed by atoms with Crippen molar-refractivity contribution in [1.82, 2.24) is 10.2 Å². The molecular formula is C28H40FN3O4S. The van der Waals surface area contributed by atoms with Crippen molar-refractivity contribution in [1.29, 1.82) is 0 Å². The predicted molar refractivity (Wildman–Crippen MR) is 146 cm³/mol. The first kappa shape index (κ1) is 30.3. The molecule has 2 amide bonds. The third-order valence-electron chi connectivity index (χ3n) is 6.33. The third-order valence-corrected chi connectivity index (χ3v) is 7.51. The zero-order valence-electron chi connectivity index (χ0n) is 22.8. The summed E-state index contributed by atoms with van der Waals surface area (Å²) in [4.78, 5) is 28.0. The third kappa shape index (κ3) is 8.84. The number of rotatable bonds is 13. The fourth-order valence-corrected chi connectivity index (χ4v) is 5.13. The Hall–Kier alpha value is -2.94. The van der Waals surface area contributed by atoms with E-state index in [0.717, 1.165) is 17.4 Å². The quantitative estimate of drug-likeness (QED) is 0.409. The molecule has 0 fully saturated rings. The number of hydrogen-bond acceptors (Lipinski definition) is 4. The molecule has 0 aliphatic heterocycles. The van der Waals surface area contributed by atoms with Gasteiger partial charge in [0, 0.05) is 26.1 Å². The molecule has 7 nitrogen and oxygen atoms in total. The molecule has 0 bridgehead atoms. The lowest BCUT2D eigenvalue weighted by molar-refractivity contribution is -0.141. The predicted octanol–water partition coefficient (Wildman–Crippen LogP) is 4.57. The van der Waals surface area contributed by atoms with Crippen molar-refractivity contribution in [3.63, 3.8) is 0 Å². The van der Waals surface area contributed by atoms with Gasteiger partial charge in [-0.1, -0.05) is 45.0 Å².